The van der Waals surface area contributed by atoms with Gasteiger partial charge in [-0.25, -0.2) is 0 Å². The van der Waals surface area contributed by atoms with Crippen molar-refractivity contribution in [1.29, 1.82) is 0 Å². The average Bonchev–Trinajstić information content (AvgIpc) is 3.23. The number of anilines is 1. The van der Waals surface area contributed by atoms with Crippen molar-refractivity contribution in [1.82, 2.24) is 14.8 Å². The molecule has 4 rings (SSSR count). The van der Waals surface area contributed by atoms with Crippen LogP contribution in [0, 0.1) is 0 Å². The summed E-state index contributed by atoms with van der Waals surface area (Å²) in [6, 6.07) is 25.2. The number of para-hydroxylation sites is 2. The topological polar surface area (TPSA) is 59.8 Å². The van der Waals surface area contributed by atoms with E-state index in [1.807, 2.05) is 83.4 Å². The van der Waals surface area contributed by atoms with E-state index in [2.05, 4.69) is 29.4 Å². The highest BCUT2D eigenvalue weighted by Gasteiger charge is 2.18. The molecule has 0 fully saturated rings. The molecule has 0 unspecified atom stereocenters. The summed E-state index contributed by atoms with van der Waals surface area (Å²) in [4.78, 5) is 12.7. The lowest BCUT2D eigenvalue weighted by atomic mass is 10.0. The first-order valence-corrected chi connectivity index (χ1v) is 11.7. The number of carbonyl (C=O) groups is 1. The third kappa shape index (κ3) is 5.03. The molecule has 0 atom stereocenters. The predicted octanol–water partition coefficient (Wildman–Crippen LogP) is 6.44. The van der Waals surface area contributed by atoms with Crippen LogP contribution in [-0.2, 0) is 4.79 Å². The molecule has 0 aliphatic heterocycles. The van der Waals surface area contributed by atoms with Gasteiger partial charge in [0, 0.05) is 22.0 Å². The number of nitrogens with zero attached hydrogens (tertiary/aromatic N) is 3. The van der Waals surface area contributed by atoms with Crippen LogP contribution in [-0.4, -0.2) is 26.4 Å². The monoisotopic (exact) mass is 462 g/mol. The second-order valence-electron chi connectivity index (χ2n) is 7.56. The Balaban J connectivity index is 1.58. The van der Waals surface area contributed by atoms with Gasteiger partial charge in [-0.1, -0.05) is 73.6 Å². The summed E-state index contributed by atoms with van der Waals surface area (Å²) >= 11 is 7.40. The van der Waals surface area contributed by atoms with Crippen LogP contribution in [0.15, 0.2) is 84.0 Å². The van der Waals surface area contributed by atoms with Crippen LogP contribution in [0.1, 0.15) is 25.3 Å². The largest absolute Gasteiger partial charge is 0.325 e. The zero-order valence-electron chi connectivity index (χ0n) is 17.8. The maximum absolute atomic E-state index is 12.7. The van der Waals surface area contributed by atoms with E-state index < -0.39 is 0 Å². The molecule has 0 saturated carbocycles. The fraction of sp³-hybridized carbons (Fsp3) is 0.160. The maximum atomic E-state index is 12.7. The molecule has 0 spiro atoms. The zero-order chi connectivity index (χ0) is 22.5. The minimum atomic E-state index is -0.0845. The second-order valence-corrected chi connectivity index (χ2v) is 8.94. The summed E-state index contributed by atoms with van der Waals surface area (Å²) in [5.41, 5.74) is 3.78. The van der Waals surface area contributed by atoms with Crippen LogP contribution in [0.3, 0.4) is 0 Å². The van der Waals surface area contributed by atoms with Gasteiger partial charge in [-0.05, 0) is 53.9 Å². The quantitative estimate of drug-likeness (QED) is 0.321. The fourth-order valence-corrected chi connectivity index (χ4v) is 4.27. The van der Waals surface area contributed by atoms with E-state index in [9.17, 15) is 4.79 Å². The van der Waals surface area contributed by atoms with Gasteiger partial charge in [0.1, 0.15) is 0 Å². The summed E-state index contributed by atoms with van der Waals surface area (Å²) in [5, 5.41) is 13.1. The summed E-state index contributed by atoms with van der Waals surface area (Å²) in [7, 11) is 0. The van der Waals surface area contributed by atoms with Gasteiger partial charge in [0.25, 0.3) is 0 Å². The van der Waals surface area contributed by atoms with Gasteiger partial charge in [0.15, 0.2) is 11.0 Å². The molecule has 32 heavy (non-hydrogen) atoms. The van der Waals surface area contributed by atoms with E-state index in [0.29, 0.717) is 21.9 Å². The zero-order valence-corrected chi connectivity index (χ0v) is 19.4. The summed E-state index contributed by atoms with van der Waals surface area (Å²) < 4.78 is 1.96. The Labute approximate surface area is 196 Å². The van der Waals surface area contributed by atoms with Crippen LogP contribution in [0.2, 0.25) is 5.02 Å². The van der Waals surface area contributed by atoms with Gasteiger partial charge in [-0.15, -0.1) is 10.2 Å². The van der Waals surface area contributed by atoms with Gasteiger partial charge < -0.3 is 5.32 Å². The maximum Gasteiger partial charge on any atom is 0.234 e. The van der Waals surface area contributed by atoms with Crippen LogP contribution in [0.5, 0.6) is 0 Å². The molecule has 1 aromatic heterocycles. The molecule has 7 heteroatoms. The lowest BCUT2D eigenvalue weighted by molar-refractivity contribution is -0.113. The molecule has 1 amide bonds. The standard InChI is InChI=1S/C25H23ClN4OS/c1-17(2)21-10-6-7-11-22(21)27-23(31)16-32-25-29-28-24(18-12-14-19(26)15-13-18)30(25)20-8-4-3-5-9-20/h3-15,17H,16H2,1-2H3,(H,27,31). The number of rotatable bonds is 7. The number of hydrogen-bond acceptors (Lipinski definition) is 4. The highest BCUT2D eigenvalue weighted by molar-refractivity contribution is 7.99. The Kier molecular flexibility index (Phi) is 6.93. The minimum absolute atomic E-state index is 0.0845. The summed E-state index contributed by atoms with van der Waals surface area (Å²) in [6.45, 7) is 4.22. The van der Waals surface area contributed by atoms with E-state index in [4.69, 9.17) is 11.6 Å². The van der Waals surface area contributed by atoms with Crippen molar-refractivity contribution in [3.8, 4) is 17.1 Å². The molecular weight excluding hydrogens is 440 g/mol. The van der Waals surface area contributed by atoms with Crippen molar-refractivity contribution in [3.05, 3.63) is 89.4 Å². The minimum Gasteiger partial charge on any atom is -0.325 e. The molecule has 1 N–H and O–H groups in total. The van der Waals surface area contributed by atoms with Crippen molar-refractivity contribution < 1.29 is 4.79 Å². The third-order valence-corrected chi connectivity index (χ3v) is 6.12. The van der Waals surface area contributed by atoms with Crippen molar-refractivity contribution in [2.45, 2.75) is 24.9 Å². The van der Waals surface area contributed by atoms with Gasteiger partial charge >= 0.3 is 0 Å². The van der Waals surface area contributed by atoms with Crippen molar-refractivity contribution in [2.24, 2.45) is 0 Å². The normalized spacial score (nSPS) is 11.0. The highest BCUT2D eigenvalue weighted by atomic mass is 35.5. The molecule has 3 aromatic carbocycles. The van der Waals surface area contributed by atoms with Crippen molar-refractivity contribution in [3.63, 3.8) is 0 Å². The molecule has 0 saturated heterocycles. The molecule has 4 aromatic rings. The lowest BCUT2D eigenvalue weighted by Gasteiger charge is -2.14. The van der Waals surface area contributed by atoms with E-state index in [0.717, 1.165) is 22.5 Å². The van der Waals surface area contributed by atoms with E-state index >= 15 is 0 Å². The first kappa shape index (κ1) is 22.1. The Hall–Kier alpha value is -3.09. The Morgan fingerprint density at radius 3 is 2.38 bits per heavy atom. The van der Waals surface area contributed by atoms with Crippen LogP contribution < -0.4 is 5.32 Å². The average molecular weight is 463 g/mol. The number of aromatic nitrogens is 3. The number of halogens is 1. The molecule has 1 heterocycles. The molecule has 0 aliphatic carbocycles. The second kappa shape index (κ2) is 10.0. The Bertz CT molecular complexity index is 1210. The number of benzene rings is 3. The number of nitrogens with one attached hydrogen (secondary N) is 1. The first-order chi connectivity index (χ1) is 15.5. The van der Waals surface area contributed by atoms with Crippen molar-refractivity contribution >= 4 is 35.0 Å². The van der Waals surface area contributed by atoms with Crippen molar-refractivity contribution in [2.75, 3.05) is 11.1 Å². The summed E-state index contributed by atoms with van der Waals surface area (Å²) in [6.07, 6.45) is 0. The van der Waals surface area contributed by atoms with Gasteiger partial charge in [-0.2, -0.15) is 0 Å². The smallest absolute Gasteiger partial charge is 0.234 e. The van der Waals surface area contributed by atoms with E-state index in [-0.39, 0.29) is 11.7 Å². The molecule has 5 nitrogen and oxygen atoms in total. The SMILES string of the molecule is CC(C)c1ccccc1NC(=O)CSc1nnc(-c2ccc(Cl)cc2)n1-c1ccccc1. The van der Waals surface area contributed by atoms with Gasteiger partial charge in [-0.3, -0.25) is 9.36 Å². The first-order valence-electron chi connectivity index (χ1n) is 10.3. The molecular formula is C25H23ClN4OS. The third-order valence-electron chi connectivity index (χ3n) is 4.94. The van der Waals surface area contributed by atoms with Gasteiger partial charge in [0.2, 0.25) is 5.91 Å². The Morgan fingerprint density at radius 1 is 0.969 bits per heavy atom. The summed E-state index contributed by atoms with van der Waals surface area (Å²) in [5.74, 6) is 1.15. The lowest BCUT2D eigenvalue weighted by Crippen LogP contribution is -2.16. The number of thioether (sulfide) groups is 1. The molecule has 0 aliphatic rings. The number of carbonyl (C=O) groups excluding carboxylic acids is 1. The molecule has 162 valence electrons. The number of amides is 1. The van der Waals surface area contributed by atoms with Crippen LogP contribution in [0.25, 0.3) is 17.1 Å². The van der Waals surface area contributed by atoms with E-state index in [1.54, 1.807) is 0 Å². The van der Waals surface area contributed by atoms with Crippen LogP contribution in [0.4, 0.5) is 5.69 Å². The fourth-order valence-electron chi connectivity index (χ4n) is 3.39. The molecule has 0 radical (unpaired) electrons. The van der Waals surface area contributed by atoms with Crippen LogP contribution >= 0.6 is 23.4 Å². The molecule has 0 bridgehead atoms. The van der Waals surface area contributed by atoms with E-state index in [1.165, 1.54) is 11.8 Å². The van der Waals surface area contributed by atoms with Gasteiger partial charge in [0.05, 0.1) is 5.75 Å². The number of hydrogen-bond donors (Lipinski definition) is 1. The Morgan fingerprint density at radius 2 is 1.66 bits per heavy atom. The highest BCUT2D eigenvalue weighted by Crippen LogP contribution is 2.29. The predicted molar refractivity (Wildman–Crippen MR) is 132 cm³/mol.